The van der Waals surface area contributed by atoms with Crippen molar-refractivity contribution < 1.29 is 23.8 Å². The third-order valence-electron chi connectivity index (χ3n) is 4.59. The SMILES string of the molecule is CO[C@H]1[C@H](CNC(=O)CN2CCCCCC2=O)COC[C@H]1OC. The molecule has 2 heterocycles. The first-order chi connectivity index (χ1) is 11.2. The van der Waals surface area contributed by atoms with E-state index in [-0.39, 0.29) is 36.5 Å². The van der Waals surface area contributed by atoms with Gasteiger partial charge in [-0.3, -0.25) is 9.59 Å². The molecule has 132 valence electrons. The highest BCUT2D eigenvalue weighted by molar-refractivity contribution is 5.84. The van der Waals surface area contributed by atoms with Crippen LogP contribution in [-0.2, 0) is 23.8 Å². The van der Waals surface area contributed by atoms with Gasteiger partial charge in [-0.2, -0.15) is 0 Å². The molecular formula is C16H28N2O5. The van der Waals surface area contributed by atoms with E-state index in [1.807, 2.05) is 0 Å². The summed E-state index contributed by atoms with van der Waals surface area (Å²) in [6, 6.07) is 0. The minimum absolute atomic E-state index is 0.0440. The van der Waals surface area contributed by atoms with E-state index in [2.05, 4.69) is 5.32 Å². The zero-order valence-corrected chi connectivity index (χ0v) is 14.1. The molecule has 7 heteroatoms. The summed E-state index contributed by atoms with van der Waals surface area (Å²) in [6.07, 6.45) is 3.26. The van der Waals surface area contributed by atoms with E-state index >= 15 is 0 Å². The maximum atomic E-state index is 12.1. The summed E-state index contributed by atoms with van der Waals surface area (Å²) in [4.78, 5) is 25.7. The predicted molar refractivity (Wildman–Crippen MR) is 84.0 cm³/mol. The van der Waals surface area contributed by atoms with Gasteiger partial charge in [-0.15, -0.1) is 0 Å². The van der Waals surface area contributed by atoms with Gasteiger partial charge in [0, 0.05) is 39.6 Å². The van der Waals surface area contributed by atoms with Gasteiger partial charge in [0.25, 0.3) is 0 Å². The highest BCUT2D eigenvalue weighted by atomic mass is 16.6. The van der Waals surface area contributed by atoms with E-state index in [1.54, 1.807) is 19.1 Å². The highest BCUT2D eigenvalue weighted by Gasteiger charge is 2.34. The summed E-state index contributed by atoms with van der Waals surface area (Å²) in [7, 11) is 3.28. The second kappa shape index (κ2) is 9.20. The lowest BCUT2D eigenvalue weighted by Crippen LogP contribution is -2.51. The van der Waals surface area contributed by atoms with Crippen LogP contribution >= 0.6 is 0 Å². The predicted octanol–water partition coefficient (Wildman–Crippen LogP) is 0.182. The number of carbonyl (C=O) groups is 2. The van der Waals surface area contributed by atoms with Crippen molar-refractivity contribution in [1.29, 1.82) is 0 Å². The van der Waals surface area contributed by atoms with Crippen LogP contribution in [0.5, 0.6) is 0 Å². The van der Waals surface area contributed by atoms with Crippen LogP contribution in [0.15, 0.2) is 0 Å². The molecular weight excluding hydrogens is 300 g/mol. The normalized spacial score (nSPS) is 29.2. The van der Waals surface area contributed by atoms with E-state index in [4.69, 9.17) is 14.2 Å². The van der Waals surface area contributed by atoms with Gasteiger partial charge in [0.1, 0.15) is 6.10 Å². The second-order valence-electron chi connectivity index (χ2n) is 6.20. The zero-order valence-electron chi connectivity index (χ0n) is 14.1. The van der Waals surface area contributed by atoms with Crippen LogP contribution < -0.4 is 5.32 Å². The third kappa shape index (κ3) is 5.16. The van der Waals surface area contributed by atoms with Crippen molar-refractivity contribution in [3.8, 4) is 0 Å². The van der Waals surface area contributed by atoms with Gasteiger partial charge in [0.2, 0.25) is 11.8 Å². The van der Waals surface area contributed by atoms with Gasteiger partial charge < -0.3 is 24.4 Å². The molecule has 2 amide bonds. The molecule has 2 aliphatic heterocycles. The molecule has 3 atom stereocenters. The summed E-state index contributed by atoms with van der Waals surface area (Å²) >= 11 is 0. The highest BCUT2D eigenvalue weighted by Crippen LogP contribution is 2.19. The second-order valence-corrected chi connectivity index (χ2v) is 6.20. The van der Waals surface area contributed by atoms with Crippen molar-refractivity contribution in [2.45, 2.75) is 37.9 Å². The lowest BCUT2D eigenvalue weighted by atomic mass is 9.96. The Hall–Kier alpha value is -1.18. The van der Waals surface area contributed by atoms with Gasteiger partial charge in [0.05, 0.1) is 25.9 Å². The summed E-state index contributed by atoms with van der Waals surface area (Å²) in [5.41, 5.74) is 0. The molecule has 0 radical (unpaired) electrons. The number of hydrogen-bond donors (Lipinski definition) is 1. The molecule has 0 aromatic heterocycles. The largest absolute Gasteiger partial charge is 0.378 e. The van der Waals surface area contributed by atoms with Gasteiger partial charge in [-0.05, 0) is 12.8 Å². The number of rotatable bonds is 6. The Balaban J connectivity index is 1.79. The molecule has 0 aromatic rings. The van der Waals surface area contributed by atoms with Gasteiger partial charge in [-0.25, -0.2) is 0 Å². The number of methoxy groups -OCH3 is 2. The first kappa shape index (κ1) is 18.2. The fourth-order valence-corrected chi connectivity index (χ4v) is 3.23. The lowest BCUT2D eigenvalue weighted by molar-refractivity contribution is -0.148. The number of nitrogens with zero attached hydrogens (tertiary/aromatic N) is 1. The molecule has 2 rings (SSSR count). The molecule has 23 heavy (non-hydrogen) atoms. The number of nitrogens with one attached hydrogen (secondary N) is 1. The Morgan fingerprint density at radius 2 is 2.09 bits per heavy atom. The standard InChI is InChI=1S/C16H28N2O5/c1-21-13-11-23-10-12(16(13)22-2)8-17-14(19)9-18-7-5-3-4-6-15(18)20/h12-13,16H,3-11H2,1-2H3,(H,17,19)/t12-,13-,16+/m1/s1. The van der Waals surface area contributed by atoms with Crippen molar-refractivity contribution in [2.24, 2.45) is 5.92 Å². The van der Waals surface area contributed by atoms with E-state index in [1.165, 1.54) is 0 Å². The van der Waals surface area contributed by atoms with Crippen molar-refractivity contribution in [1.82, 2.24) is 10.2 Å². The fraction of sp³-hybridized carbons (Fsp3) is 0.875. The van der Waals surface area contributed by atoms with Crippen molar-refractivity contribution >= 4 is 11.8 Å². The number of ether oxygens (including phenoxy) is 3. The molecule has 2 fully saturated rings. The van der Waals surface area contributed by atoms with Gasteiger partial charge in [-0.1, -0.05) is 6.42 Å². The average molecular weight is 328 g/mol. The number of carbonyl (C=O) groups excluding carboxylic acids is 2. The first-order valence-electron chi connectivity index (χ1n) is 8.33. The number of likely N-dealkylation sites (tertiary alicyclic amines) is 1. The molecule has 0 aliphatic carbocycles. The van der Waals surface area contributed by atoms with Crippen LogP contribution in [0.4, 0.5) is 0 Å². The lowest BCUT2D eigenvalue weighted by Gasteiger charge is -2.36. The van der Waals surface area contributed by atoms with E-state index in [9.17, 15) is 9.59 Å². The maximum absolute atomic E-state index is 12.1. The Morgan fingerprint density at radius 3 is 2.83 bits per heavy atom. The molecule has 0 bridgehead atoms. The van der Waals surface area contributed by atoms with Crippen LogP contribution in [0.3, 0.4) is 0 Å². The molecule has 2 saturated heterocycles. The van der Waals surface area contributed by atoms with Crippen molar-refractivity contribution in [3.63, 3.8) is 0 Å². The van der Waals surface area contributed by atoms with Crippen LogP contribution in [0.1, 0.15) is 25.7 Å². The zero-order chi connectivity index (χ0) is 16.7. The van der Waals surface area contributed by atoms with Gasteiger partial charge in [0.15, 0.2) is 0 Å². The summed E-state index contributed by atoms with van der Waals surface area (Å²) in [5.74, 6) is -0.00927. The van der Waals surface area contributed by atoms with Crippen LogP contribution in [0, 0.1) is 5.92 Å². The van der Waals surface area contributed by atoms with Crippen LogP contribution in [0.2, 0.25) is 0 Å². The molecule has 0 saturated carbocycles. The Labute approximate surface area is 137 Å². The third-order valence-corrected chi connectivity index (χ3v) is 4.59. The van der Waals surface area contributed by atoms with Crippen LogP contribution in [0.25, 0.3) is 0 Å². The molecule has 1 N–H and O–H groups in total. The van der Waals surface area contributed by atoms with Crippen LogP contribution in [-0.4, -0.2) is 76.0 Å². The van der Waals surface area contributed by atoms with Crippen molar-refractivity contribution in [2.75, 3.05) is 47.1 Å². The summed E-state index contributed by atoms with van der Waals surface area (Å²) in [5, 5.41) is 2.90. The number of amides is 2. The Morgan fingerprint density at radius 1 is 1.26 bits per heavy atom. The average Bonchev–Trinajstić information content (AvgIpc) is 2.77. The topological polar surface area (TPSA) is 77.1 Å². The number of hydrogen-bond acceptors (Lipinski definition) is 5. The van der Waals surface area contributed by atoms with E-state index in [0.29, 0.717) is 32.7 Å². The van der Waals surface area contributed by atoms with E-state index < -0.39 is 0 Å². The summed E-state index contributed by atoms with van der Waals surface area (Å²) < 4.78 is 16.4. The fourth-order valence-electron chi connectivity index (χ4n) is 3.23. The monoisotopic (exact) mass is 328 g/mol. The molecule has 2 aliphatic rings. The Bertz CT molecular complexity index is 404. The first-order valence-corrected chi connectivity index (χ1v) is 8.33. The minimum Gasteiger partial charge on any atom is -0.378 e. The summed E-state index contributed by atoms with van der Waals surface area (Å²) in [6.45, 7) is 2.30. The molecule has 0 aromatic carbocycles. The smallest absolute Gasteiger partial charge is 0.239 e. The quantitative estimate of drug-likeness (QED) is 0.753. The van der Waals surface area contributed by atoms with Gasteiger partial charge >= 0.3 is 0 Å². The van der Waals surface area contributed by atoms with Crippen molar-refractivity contribution in [3.05, 3.63) is 0 Å². The minimum atomic E-state index is -0.130. The molecule has 0 unspecified atom stereocenters. The van der Waals surface area contributed by atoms with E-state index in [0.717, 1.165) is 19.3 Å². The maximum Gasteiger partial charge on any atom is 0.239 e. The molecule has 7 nitrogen and oxygen atoms in total. The Kier molecular flexibility index (Phi) is 7.26. The molecule has 0 spiro atoms.